The van der Waals surface area contributed by atoms with Crippen molar-refractivity contribution in [1.82, 2.24) is 0 Å². The van der Waals surface area contributed by atoms with Gasteiger partial charge in [-0.1, -0.05) is 30.3 Å². The highest BCUT2D eigenvalue weighted by Crippen LogP contribution is 2.37. The maximum Gasteiger partial charge on any atom is 0.237 e. The van der Waals surface area contributed by atoms with Crippen LogP contribution in [0.1, 0.15) is 18.1 Å². The average Bonchev–Trinajstić information content (AvgIpc) is 2.83. The molecule has 0 spiro atoms. The van der Waals surface area contributed by atoms with E-state index in [0.29, 0.717) is 5.69 Å². The molecule has 1 atom stereocenters. The summed E-state index contributed by atoms with van der Waals surface area (Å²) in [6, 6.07) is 13.8. The van der Waals surface area contributed by atoms with Crippen LogP contribution in [-0.2, 0) is 16.4 Å². The van der Waals surface area contributed by atoms with Gasteiger partial charge in [-0.25, -0.2) is 8.42 Å². The number of aliphatic hydroxyl groups excluding tert-OH is 1. The average molecular weight is 303 g/mol. The number of fused-ring (bicyclic) bond motifs is 3. The maximum absolute atomic E-state index is 12.0. The molecular weight excluding hydrogens is 286 g/mol. The second-order valence-corrected chi connectivity index (χ2v) is 7.44. The monoisotopic (exact) mass is 303 g/mol. The Balaban J connectivity index is 1.91. The summed E-state index contributed by atoms with van der Waals surface area (Å²) in [6.07, 6.45) is 0.816. The highest BCUT2D eigenvalue weighted by molar-refractivity contribution is 7.93. The standard InChI is InChI=1S/C16H17NO3S/c1-11(10-18)21(19,20)17-14-6-7-16-13(9-14)8-12-4-2-3-5-15(12)16/h2-7,9,11,17-18H,8,10H2,1H3. The Hall–Kier alpha value is -1.85. The zero-order valence-corrected chi connectivity index (χ0v) is 12.5. The molecule has 2 aromatic rings. The van der Waals surface area contributed by atoms with E-state index in [1.165, 1.54) is 18.1 Å². The molecule has 0 amide bonds. The lowest BCUT2D eigenvalue weighted by molar-refractivity contribution is 0.296. The molecule has 1 unspecified atom stereocenters. The summed E-state index contributed by atoms with van der Waals surface area (Å²) in [6.45, 7) is 1.08. The Morgan fingerprint density at radius 2 is 1.86 bits per heavy atom. The van der Waals surface area contributed by atoms with Crippen molar-refractivity contribution in [3.05, 3.63) is 53.6 Å². The number of aliphatic hydroxyl groups is 1. The van der Waals surface area contributed by atoms with E-state index in [1.807, 2.05) is 24.3 Å². The van der Waals surface area contributed by atoms with Crippen LogP contribution in [0.15, 0.2) is 42.5 Å². The predicted molar refractivity (Wildman–Crippen MR) is 83.8 cm³/mol. The van der Waals surface area contributed by atoms with Crippen LogP contribution in [0.2, 0.25) is 0 Å². The fraction of sp³-hybridized carbons (Fsp3) is 0.250. The van der Waals surface area contributed by atoms with Gasteiger partial charge in [0.25, 0.3) is 0 Å². The van der Waals surface area contributed by atoms with Crippen LogP contribution in [0, 0.1) is 0 Å². The predicted octanol–water partition coefficient (Wildman–Crippen LogP) is 2.38. The lowest BCUT2D eigenvalue weighted by Gasteiger charge is -2.13. The third-order valence-electron chi connectivity index (χ3n) is 3.84. The topological polar surface area (TPSA) is 66.4 Å². The van der Waals surface area contributed by atoms with Gasteiger partial charge in [-0.2, -0.15) is 0 Å². The minimum absolute atomic E-state index is 0.397. The number of nitrogens with one attached hydrogen (secondary N) is 1. The summed E-state index contributed by atoms with van der Waals surface area (Å²) in [4.78, 5) is 0. The smallest absolute Gasteiger partial charge is 0.237 e. The van der Waals surface area contributed by atoms with Gasteiger partial charge in [0.1, 0.15) is 5.25 Å². The van der Waals surface area contributed by atoms with E-state index in [1.54, 1.807) is 6.07 Å². The van der Waals surface area contributed by atoms with Crippen LogP contribution in [-0.4, -0.2) is 25.4 Å². The molecule has 3 rings (SSSR count). The van der Waals surface area contributed by atoms with Gasteiger partial charge in [0.15, 0.2) is 0 Å². The van der Waals surface area contributed by atoms with E-state index < -0.39 is 21.9 Å². The summed E-state index contributed by atoms with van der Waals surface area (Å²) in [5.74, 6) is 0. The molecule has 0 saturated carbocycles. The van der Waals surface area contributed by atoms with E-state index in [0.717, 1.165) is 17.5 Å². The lowest BCUT2D eigenvalue weighted by atomic mass is 10.1. The first-order valence-corrected chi connectivity index (χ1v) is 8.39. The summed E-state index contributed by atoms with van der Waals surface area (Å²) in [5.41, 5.74) is 5.29. The first-order valence-electron chi connectivity index (χ1n) is 6.85. The molecule has 2 aromatic carbocycles. The van der Waals surface area contributed by atoms with Crippen LogP contribution in [0.25, 0.3) is 11.1 Å². The summed E-state index contributed by atoms with van der Waals surface area (Å²) < 4.78 is 26.5. The summed E-state index contributed by atoms with van der Waals surface area (Å²) in [5, 5.41) is 8.17. The van der Waals surface area contributed by atoms with Crippen molar-refractivity contribution in [2.75, 3.05) is 11.3 Å². The third kappa shape index (κ3) is 2.54. The summed E-state index contributed by atoms with van der Waals surface area (Å²) in [7, 11) is -3.55. The van der Waals surface area contributed by atoms with Gasteiger partial charge in [-0.15, -0.1) is 0 Å². The first-order chi connectivity index (χ1) is 10.0. The van der Waals surface area contributed by atoms with E-state index in [9.17, 15) is 8.42 Å². The number of hydrogen-bond donors (Lipinski definition) is 2. The van der Waals surface area contributed by atoms with E-state index in [-0.39, 0.29) is 0 Å². The molecule has 0 radical (unpaired) electrons. The molecule has 110 valence electrons. The Morgan fingerprint density at radius 3 is 2.62 bits per heavy atom. The molecule has 2 N–H and O–H groups in total. The van der Waals surface area contributed by atoms with E-state index >= 15 is 0 Å². The van der Waals surface area contributed by atoms with Gasteiger partial charge < -0.3 is 5.11 Å². The normalized spacial score (nSPS) is 14.4. The van der Waals surface area contributed by atoms with Crippen molar-refractivity contribution in [2.24, 2.45) is 0 Å². The fourth-order valence-electron chi connectivity index (χ4n) is 2.57. The molecule has 0 bridgehead atoms. The molecule has 21 heavy (non-hydrogen) atoms. The Kier molecular flexibility index (Phi) is 3.47. The first kappa shape index (κ1) is 14.1. The van der Waals surface area contributed by atoms with Gasteiger partial charge >= 0.3 is 0 Å². The molecular formula is C16H17NO3S. The van der Waals surface area contributed by atoms with Crippen LogP contribution < -0.4 is 4.72 Å². The number of anilines is 1. The summed E-state index contributed by atoms with van der Waals surface area (Å²) >= 11 is 0. The Bertz CT molecular complexity index is 784. The van der Waals surface area contributed by atoms with E-state index in [4.69, 9.17) is 5.11 Å². The Labute approximate surface area is 124 Å². The second kappa shape index (κ2) is 5.16. The van der Waals surface area contributed by atoms with Crippen LogP contribution in [0.5, 0.6) is 0 Å². The van der Waals surface area contributed by atoms with Gasteiger partial charge in [-0.3, -0.25) is 4.72 Å². The third-order valence-corrected chi connectivity index (χ3v) is 5.57. The molecule has 1 aliphatic rings. The molecule has 0 aromatic heterocycles. The van der Waals surface area contributed by atoms with Crippen molar-refractivity contribution < 1.29 is 13.5 Å². The minimum atomic E-state index is -3.55. The number of hydrogen-bond acceptors (Lipinski definition) is 3. The fourth-order valence-corrected chi connectivity index (χ4v) is 3.42. The Morgan fingerprint density at radius 1 is 1.14 bits per heavy atom. The quantitative estimate of drug-likeness (QED) is 0.777. The van der Waals surface area contributed by atoms with Crippen molar-refractivity contribution >= 4 is 15.7 Å². The van der Waals surface area contributed by atoms with Gasteiger partial charge in [0.2, 0.25) is 10.0 Å². The second-order valence-electron chi connectivity index (χ2n) is 5.35. The number of benzene rings is 2. The molecule has 0 heterocycles. The van der Waals surface area contributed by atoms with Gasteiger partial charge in [0, 0.05) is 5.69 Å². The molecule has 5 heteroatoms. The maximum atomic E-state index is 12.0. The van der Waals surface area contributed by atoms with Gasteiger partial charge in [0.05, 0.1) is 6.61 Å². The van der Waals surface area contributed by atoms with Gasteiger partial charge in [-0.05, 0) is 47.7 Å². The molecule has 0 aliphatic heterocycles. The van der Waals surface area contributed by atoms with Crippen molar-refractivity contribution in [3.8, 4) is 11.1 Å². The molecule has 1 aliphatic carbocycles. The lowest BCUT2D eigenvalue weighted by Crippen LogP contribution is -2.28. The zero-order chi connectivity index (χ0) is 15.0. The highest BCUT2D eigenvalue weighted by atomic mass is 32.2. The van der Waals surface area contributed by atoms with Crippen LogP contribution in [0.4, 0.5) is 5.69 Å². The van der Waals surface area contributed by atoms with Crippen LogP contribution >= 0.6 is 0 Å². The van der Waals surface area contributed by atoms with Crippen molar-refractivity contribution in [1.29, 1.82) is 0 Å². The zero-order valence-electron chi connectivity index (χ0n) is 11.7. The SMILES string of the molecule is CC(CO)S(=O)(=O)Nc1ccc2c(c1)Cc1ccccc1-2. The van der Waals surface area contributed by atoms with Crippen molar-refractivity contribution in [2.45, 2.75) is 18.6 Å². The number of sulfonamides is 1. The largest absolute Gasteiger partial charge is 0.395 e. The number of rotatable bonds is 4. The minimum Gasteiger partial charge on any atom is -0.395 e. The van der Waals surface area contributed by atoms with Crippen LogP contribution in [0.3, 0.4) is 0 Å². The molecule has 0 fully saturated rings. The van der Waals surface area contributed by atoms with E-state index in [2.05, 4.69) is 16.9 Å². The highest BCUT2D eigenvalue weighted by Gasteiger charge is 2.22. The molecule has 4 nitrogen and oxygen atoms in total. The van der Waals surface area contributed by atoms with Crippen molar-refractivity contribution in [3.63, 3.8) is 0 Å². The molecule has 0 saturated heterocycles.